The molecule has 4 amide bonds. The highest BCUT2D eigenvalue weighted by atomic mass is 32.1. The van der Waals surface area contributed by atoms with Gasteiger partial charge in [0.05, 0.1) is 61.7 Å². The SMILES string of the molecule is Cc1ncsc1-c1ccc(CNC(=O)[C@@H]2CCCN2C(=O)[C@@H](NC(=O)CCCCCOCCOCCOCCCCCCOc2ccc(F)c([C@@H](C)NC(=O)c3cccc(NCC(=N)N(C)C(=N)c4ccncn4)c3)c2)C(C)(C)C)cc1. The smallest absolute Gasteiger partial charge is 0.251 e. The number of halogens is 1. The normalized spacial score (nSPS) is 13.9. The topological polar surface area (TPSA) is 246 Å². The van der Waals surface area contributed by atoms with Crippen molar-refractivity contribution in [1.82, 2.24) is 40.7 Å². The van der Waals surface area contributed by atoms with Gasteiger partial charge in [0.15, 0.2) is 5.84 Å². The fourth-order valence-corrected chi connectivity index (χ4v) is 9.99. The molecule has 3 atom stereocenters. The Morgan fingerprint density at radius 3 is 2.21 bits per heavy atom. The highest BCUT2D eigenvalue weighted by molar-refractivity contribution is 7.13. The van der Waals surface area contributed by atoms with Crippen molar-refractivity contribution in [3.05, 3.63) is 125 Å². The Labute approximate surface area is 485 Å². The van der Waals surface area contributed by atoms with Crippen molar-refractivity contribution in [2.24, 2.45) is 5.41 Å². The lowest BCUT2D eigenvalue weighted by Gasteiger charge is -2.35. The van der Waals surface area contributed by atoms with Crippen molar-refractivity contribution in [2.75, 3.05) is 71.7 Å². The van der Waals surface area contributed by atoms with Crippen LogP contribution < -0.4 is 26.0 Å². The van der Waals surface area contributed by atoms with Gasteiger partial charge in [-0.1, -0.05) is 63.9 Å². The summed E-state index contributed by atoms with van der Waals surface area (Å²) < 4.78 is 38.0. The number of benzene rings is 3. The molecule has 0 radical (unpaired) electrons. The lowest BCUT2D eigenvalue weighted by Crippen LogP contribution is -2.57. The summed E-state index contributed by atoms with van der Waals surface area (Å²) in [6.07, 6.45) is 10.4. The Kier molecular flexibility index (Phi) is 25.8. The van der Waals surface area contributed by atoms with Crippen molar-refractivity contribution in [1.29, 1.82) is 10.8 Å². The van der Waals surface area contributed by atoms with Gasteiger partial charge >= 0.3 is 0 Å². The van der Waals surface area contributed by atoms with Crippen molar-refractivity contribution < 1.29 is 42.5 Å². The molecule has 19 nitrogen and oxygen atoms in total. The van der Waals surface area contributed by atoms with Crippen LogP contribution in [0.3, 0.4) is 0 Å². The number of aromatic nitrogens is 3. The fourth-order valence-electron chi connectivity index (χ4n) is 9.18. The first-order valence-corrected chi connectivity index (χ1v) is 29.2. The highest BCUT2D eigenvalue weighted by Gasteiger charge is 2.41. The largest absolute Gasteiger partial charge is 0.494 e. The van der Waals surface area contributed by atoms with E-state index in [-0.39, 0.29) is 41.8 Å². The molecule has 3 aromatic carbocycles. The van der Waals surface area contributed by atoms with E-state index >= 15 is 0 Å². The maximum absolute atomic E-state index is 15.0. The zero-order chi connectivity index (χ0) is 58.9. The number of ether oxygens (including phenoxy) is 4. The number of nitrogens with zero attached hydrogens (tertiary/aromatic N) is 5. The number of rotatable bonds is 33. The number of nitrogens with one attached hydrogen (secondary N) is 6. The third-order valence-corrected chi connectivity index (χ3v) is 15.0. The van der Waals surface area contributed by atoms with Crippen molar-refractivity contribution in [3.8, 4) is 16.2 Å². The molecular formula is C61H82FN11O8S. The van der Waals surface area contributed by atoms with E-state index in [0.717, 1.165) is 66.6 Å². The molecule has 0 bridgehead atoms. The number of carbonyl (C=O) groups is 4. The molecule has 1 fully saturated rings. The van der Waals surface area contributed by atoms with Crippen molar-refractivity contribution in [2.45, 2.75) is 123 Å². The Bertz CT molecular complexity index is 2850. The first-order valence-electron chi connectivity index (χ1n) is 28.3. The molecule has 0 spiro atoms. The number of aryl methyl sites for hydroxylation is 1. The average molecular weight is 1150 g/mol. The molecular weight excluding hydrogens is 1070 g/mol. The summed E-state index contributed by atoms with van der Waals surface area (Å²) in [6, 6.07) is 19.0. The number of unbranched alkanes of at least 4 members (excludes halogenated alkanes) is 5. The zero-order valence-corrected chi connectivity index (χ0v) is 49.1. The average Bonchev–Trinajstić information content (AvgIpc) is 4.24. The van der Waals surface area contributed by atoms with E-state index in [4.69, 9.17) is 29.8 Å². The number of amidine groups is 2. The van der Waals surface area contributed by atoms with Crippen molar-refractivity contribution in [3.63, 3.8) is 0 Å². The first-order chi connectivity index (χ1) is 39.5. The van der Waals surface area contributed by atoms with E-state index in [1.54, 1.807) is 72.7 Å². The quantitative estimate of drug-likeness (QED) is 0.0130. The zero-order valence-electron chi connectivity index (χ0n) is 48.3. The summed E-state index contributed by atoms with van der Waals surface area (Å²) in [7, 11) is 1.61. The lowest BCUT2D eigenvalue weighted by atomic mass is 9.85. The van der Waals surface area contributed by atoms with Crippen LogP contribution in [-0.4, -0.2) is 139 Å². The minimum absolute atomic E-state index is 0.0539. The molecule has 442 valence electrons. The number of anilines is 1. The molecule has 2 aromatic heterocycles. The van der Waals surface area contributed by atoms with E-state index in [0.29, 0.717) is 107 Å². The van der Waals surface area contributed by atoms with Crippen LogP contribution in [0, 0.1) is 29.0 Å². The molecule has 1 aliphatic heterocycles. The fraction of sp³-hybridized carbons (Fsp3) is 0.492. The van der Waals surface area contributed by atoms with Gasteiger partial charge in [-0.3, -0.25) is 30.0 Å². The Hall–Kier alpha value is -7.20. The summed E-state index contributed by atoms with van der Waals surface area (Å²) >= 11 is 1.60. The van der Waals surface area contributed by atoms with Gasteiger partial charge < -0.3 is 50.0 Å². The second-order valence-corrected chi connectivity index (χ2v) is 22.3. The molecule has 3 heterocycles. The molecule has 21 heteroatoms. The lowest BCUT2D eigenvalue weighted by molar-refractivity contribution is -0.143. The number of thiazole rings is 1. The molecule has 0 saturated carbocycles. The molecule has 5 aromatic rings. The number of likely N-dealkylation sites (tertiary alicyclic amines) is 1. The van der Waals surface area contributed by atoms with E-state index in [1.165, 1.54) is 23.5 Å². The number of likely N-dealkylation sites (N-methyl/N-ethyl adjacent to an activating group) is 1. The van der Waals surface area contributed by atoms with Gasteiger partial charge in [-0.2, -0.15) is 0 Å². The molecule has 0 aliphatic carbocycles. The van der Waals surface area contributed by atoms with Crippen LogP contribution in [0.5, 0.6) is 5.75 Å². The minimum Gasteiger partial charge on any atom is -0.494 e. The van der Waals surface area contributed by atoms with Crippen LogP contribution in [0.1, 0.15) is 131 Å². The predicted molar refractivity (Wildman–Crippen MR) is 317 cm³/mol. The number of hydrogen-bond donors (Lipinski definition) is 6. The summed E-state index contributed by atoms with van der Waals surface area (Å²) in [5.41, 5.74) is 5.99. The third kappa shape index (κ3) is 20.4. The van der Waals surface area contributed by atoms with E-state index in [2.05, 4.69) is 36.2 Å². The molecule has 6 N–H and O–H groups in total. The van der Waals surface area contributed by atoms with Crippen LogP contribution in [0.2, 0.25) is 0 Å². The maximum Gasteiger partial charge on any atom is 0.251 e. The second kappa shape index (κ2) is 33.0. The summed E-state index contributed by atoms with van der Waals surface area (Å²) in [4.78, 5) is 70.1. The Balaban J connectivity index is 0.745. The standard InChI is InChI=1S/C61H82FN11O8S/c1-42(70-58(75)46-16-14-17-47(36-46)66-39-53(63)72(6)57(64)51-26-27-65-40-68-51)49-37-48(24-25-50(49)62)81-31-13-8-7-11-29-78-32-34-80-35-33-79-30-12-9-10-19-54(74)71-56(61(3,4)5)60(77)73-28-15-18-52(73)59(76)67-38-44-20-22-45(23-21-44)55-43(2)69-41-82-55/h14,16-17,20-27,36-37,40-42,52,56,63-64,66H,7-13,15,18-19,28-35,38-39H2,1-6H3,(H,67,76)(H,70,75)(H,71,74)/t42-,52+,56-/m1/s1. The second-order valence-electron chi connectivity index (χ2n) is 21.4. The summed E-state index contributed by atoms with van der Waals surface area (Å²) in [5.74, 6) is -0.741. The van der Waals surface area contributed by atoms with Gasteiger partial charge in [-0.05, 0) is 118 Å². The van der Waals surface area contributed by atoms with Gasteiger partial charge in [0.1, 0.15) is 41.5 Å². The van der Waals surface area contributed by atoms with E-state index in [9.17, 15) is 23.6 Å². The van der Waals surface area contributed by atoms with Crippen LogP contribution in [0.25, 0.3) is 10.4 Å². The monoisotopic (exact) mass is 1150 g/mol. The number of hydrogen-bond acceptors (Lipinski definition) is 15. The van der Waals surface area contributed by atoms with Crippen LogP contribution >= 0.6 is 11.3 Å². The molecule has 6 rings (SSSR count). The van der Waals surface area contributed by atoms with E-state index in [1.807, 2.05) is 57.5 Å². The third-order valence-electron chi connectivity index (χ3n) is 14.0. The van der Waals surface area contributed by atoms with Crippen LogP contribution in [0.4, 0.5) is 10.1 Å². The van der Waals surface area contributed by atoms with Gasteiger partial charge in [-0.15, -0.1) is 11.3 Å². The van der Waals surface area contributed by atoms with Crippen LogP contribution in [-0.2, 0) is 35.1 Å². The van der Waals surface area contributed by atoms with Gasteiger partial charge in [0.25, 0.3) is 5.91 Å². The number of amides is 4. The molecule has 1 saturated heterocycles. The molecule has 1 aliphatic rings. The Morgan fingerprint density at radius 2 is 1.54 bits per heavy atom. The highest BCUT2D eigenvalue weighted by Crippen LogP contribution is 2.29. The predicted octanol–water partition coefficient (Wildman–Crippen LogP) is 9.27. The first kappa shape index (κ1) is 64.0. The minimum atomic E-state index is -0.760. The van der Waals surface area contributed by atoms with Gasteiger partial charge in [0.2, 0.25) is 17.7 Å². The van der Waals surface area contributed by atoms with Crippen molar-refractivity contribution >= 4 is 52.3 Å². The van der Waals surface area contributed by atoms with Gasteiger partial charge in [0, 0.05) is 62.8 Å². The van der Waals surface area contributed by atoms with Crippen LogP contribution in [0.15, 0.2) is 90.8 Å². The molecule has 0 unspecified atom stereocenters. The molecule has 82 heavy (non-hydrogen) atoms. The summed E-state index contributed by atoms with van der Waals surface area (Å²) in [6.45, 7) is 14.0. The summed E-state index contributed by atoms with van der Waals surface area (Å²) in [5, 5.41) is 28.8. The Morgan fingerprint density at radius 1 is 0.841 bits per heavy atom. The maximum atomic E-state index is 15.0. The van der Waals surface area contributed by atoms with E-state index < -0.39 is 29.4 Å². The van der Waals surface area contributed by atoms with Gasteiger partial charge in [-0.25, -0.2) is 19.3 Å². The number of carbonyl (C=O) groups excluding carboxylic acids is 4.